The minimum Gasteiger partial charge on any atom is -0.356 e. The first-order chi connectivity index (χ1) is 9.76. The number of hydrogen-bond donors (Lipinski definition) is 3. The highest BCUT2D eigenvalue weighted by Crippen LogP contribution is 1.96. The van der Waals surface area contributed by atoms with E-state index < -0.39 is 0 Å². The first-order valence-electron chi connectivity index (χ1n) is 7.01. The highest BCUT2D eigenvalue weighted by molar-refractivity contribution is 14.0. The third kappa shape index (κ3) is 9.28. The molecule has 0 heterocycles. The van der Waals surface area contributed by atoms with Crippen LogP contribution in [0.1, 0.15) is 25.3 Å². The van der Waals surface area contributed by atoms with Gasteiger partial charge in [0, 0.05) is 20.1 Å². The molecule has 0 fully saturated rings. The number of aliphatic imine (C=N–C) groups is 1. The van der Waals surface area contributed by atoms with Crippen molar-refractivity contribution >= 4 is 35.8 Å². The average Bonchev–Trinajstić information content (AvgIpc) is 2.49. The topological polar surface area (TPSA) is 65.5 Å². The van der Waals surface area contributed by atoms with Gasteiger partial charge >= 0.3 is 0 Å². The smallest absolute Gasteiger partial charge is 0.239 e. The van der Waals surface area contributed by atoms with Gasteiger partial charge in [-0.25, -0.2) is 0 Å². The van der Waals surface area contributed by atoms with Crippen molar-refractivity contribution in [3.8, 4) is 0 Å². The van der Waals surface area contributed by atoms with Crippen molar-refractivity contribution < 1.29 is 4.79 Å². The molecule has 0 spiro atoms. The summed E-state index contributed by atoms with van der Waals surface area (Å²) < 4.78 is 0. The van der Waals surface area contributed by atoms with Crippen LogP contribution in [0.3, 0.4) is 0 Å². The predicted octanol–water partition coefficient (Wildman–Crippen LogP) is 1.89. The monoisotopic (exact) mass is 404 g/mol. The Morgan fingerprint density at radius 1 is 1.14 bits per heavy atom. The van der Waals surface area contributed by atoms with Gasteiger partial charge in [0.1, 0.15) is 0 Å². The number of guanidine groups is 1. The normalized spacial score (nSPS) is 10.5. The van der Waals surface area contributed by atoms with Crippen molar-refractivity contribution in [3.05, 3.63) is 35.9 Å². The van der Waals surface area contributed by atoms with Crippen LogP contribution in [0, 0.1) is 0 Å². The van der Waals surface area contributed by atoms with E-state index in [2.05, 4.69) is 27.9 Å². The van der Waals surface area contributed by atoms with Gasteiger partial charge in [0.2, 0.25) is 5.91 Å². The van der Waals surface area contributed by atoms with Crippen molar-refractivity contribution in [3.63, 3.8) is 0 Å². The summed E-state index contributed by atoms with van der Waals surface area (Å²) in [5.41, 5.74) is 1.09. The van der Waals surface area contributed by atoms with Gasteiger partial charge in [0.05, 0.1) is 6.54 Å². The molecule has 0 saturated heterocycles. The lowest BCUT2D eigenvalue weighted by molar-refractivity contribution is -0.120. The van der Waals surface area contributed by atoms with Crippen LogP contribution in [0.25, 0.3) is 0 Å². The maximum Gasteiger partial charge on any atom is 0.239 e. The van der Waals surface area contributed by atoms with Crippen molar-refractivity contribution in [2.75, 3.05) is 20.1 Å². The molecule has 0 atom stereocenters. The fourth-order valence-corrected chi connectivity index (χ4v) is 1.63. The molecule has 0 aliphatic carbocycles. The molecule has 0 saturated carbocycles. The zero-order valence-corrected chi connectivity index (χ0v) is 15.0. The summed E-state index contributed by atoms with van der Waals surface area (Å²) in [6.45, 7) is 3.76. The summed E-state index contributed by atoms with van der Waals surface area (Å²) in [6.07, 6.45) is 2.21. The molecule has 21 heavy (non-hydrogen) atoms. The molecule has 1 aromatic rings. The van der Waals surface area contributed by atoms with Crippen molar-refractivity contribution in [1.82, 2.24) is 16.0 Å². The SMILES string of the molecule is CCCCNC(=NC)NCC(=O)NCc1ccccc1.I. The zero-order valence-electron chi connectivity index (χ0n) is 12.7. The molecule has 5 nitrogen and oxygen atoms in total. The van der Waals surface area contributed by atoms with Gasteiger partial charge in [-0.05, 0) is 12.0 Å². The van der Waals surface area contributed by atoms with Crippen LogP contribution in [0.2, 0.25) is 0 Å². The number of carbonyl (C=O) groups excluding carboxylic acids is 1. The number of benzene rings is 1. The first-order valence-corrected chi connectivity index (χ1v) is 7.01. The quantitative estimate of drug-likeness (QED) is 0.282. The van der Waals surface area contributed by atoms with Gasteiger partial charge in [0.25, 0.3) is 0 Å². The third-order valence-electron chi connectivity index (χ3n) is 2.80. The van der Waals surface area contributed by atoms with E-state index in [4.69, 9.17) is 0 Å². The molecule has 0 unspecified atom stereocenters. The standard InChI is InChI=1S/C15H24N4O.HI/c1-3-4-10-17-15(16-2)19-12-14(20)18-11-13-8-6-5-7-9-13;/h5-9H,3-4,10-12H2,1-2H3,(H,18,20)(H2,16,17,19);1H. The number of hydrogen-bond acceptors (Lipinski definition) is 2. The zero-order chi connectivity index (χ0) is 14.6. The summed E-state index contributed by atoms with van der Waals surface area (Å²) in [6, 6.07) is 9.84. The van der Waals surface area contributed by atoms with Crippen molar-refractivity contribution in [1.29, 1.82) is 0 Å². The first kappa shape index (κ1) is 19.7. The van der Waals surface area contributed by atoms with E-state index in [0.717, 1.165) is 24.9 Å². The molecule has 0 radical (unpaired) electrons. The molecule has 6 heteroatoms. The average molecular weight is 404 g/mol. The minimum atomic E-state index is -0.0488. The third-order valence-corrected chi connectivity index (χ3v) is 2.80. The highest BCUT2D eigenvalue weighted by atomic mass is 127. The van der Waals surface area contributed by atoms with Crippen LogP contribution < -0.4 is 16.0 Å². The van der Waals surface area contributed by atoms with Gasteiger partial charge < -0.3 is 16.0 Å². The Kier molecular flexibility index (Phi) is 11.7. The Hall–Kier alpha value is -1.31. The largest absolute Gasteiger partial charge is 0.356 e. The summed E-state index contributed by atoms with van der Waals surface area (Å²) in [7, 11) is 1.70. The van der Waals surface area contributed by atoms with Crippen LogP contribution in [0.15, 0.2) is 35.3 Å². The highest BCUT2D eigenvalue weighted by Gasteiger charge is 2.02. The Labute approximate surface area is 144 Å². The second-order valence-corrected chi connectivity index (χ2v) is 4.47. The van der Waals surface area contributed by atoms with Gasteiger partial charge in [-0.3, -0.25) is 9.79 Å². The number of nitrogens with one attached hydrogen (secondary N) is 3. The number of carbonyl (C=O) groups is 1. The van der Waals surface area contributed by atoms with E-state index in [1.807, 2.05) is 30.3 Å². The minimum absolute atomic E-state index is 0. The Bertz CT molecular complexity index is 423. The number of nitrogens with zero attached hydrogens (tertiary/aromatic N) is 1. The van der Waals surface area contributed by atoms with E-state index >= 15 is 0 Å². The second kappa shape index (κ2) is 12.4. The molecule has 0 aliphatic heterocycles. The maximum atomic E-state index is 11.7. The summed E-state index contributed by atoms with van der Waals surface area (Å²) in [4.78, 5) is 15.8. The molecule has 3 N–H and O–H groups in total. The van der Waals surface area contributed by atoms with Crippen LogP contribution in [-0.2, 0) is 11.3 Å². The van der Waals surface area contributed by atoms with Gasteiger partial charge in [-0.15, -0.1) is 24.0 Å². The van der Waals surface area contributed by atoms with Gasteiger partial charge in [-0.1, -0.05) is 43.7 Å². The molecular formula is C15H25IN4O. The molecule has 1 amide bonds. The summed E-state index contributed by atoms with van der Waals surface area (Å²) in [5, 5.41) is 9.01. The summed E-state index contributed by atoms with van der Waals surface area (Å²) in [5.74, 6) is 0.612. The van der Waals surface area contributed by atoms with Crippen LogP contribution >= 0.6 is 24.0 Å². The number of rotatable bonds is 7. The Balaban J connectivity index is 0.00000400. The lowest BCUT2D eigenvalue weighted by Crippen LogP contribution is -2.43. The van der Waals surface area contributed by atoms with E-state index in [9.17, 15) is 4.79 Å². The lowest BCUT2D eigenvalue weighted by atomic mass is 10.2. The van der Waals surface area contributed by atoms with Crippen molar-refractivity contribution in [2.45, 2.75) is 26.3 Å². The predicted molar refractivity (Wildman–Crippen MR) is 98.0 cm³/mol. The molecule has 0 bridgehead atoms. The lowest BCUT2D eigenvalue weighted by Gasteiger charge is -2.11. The van der Waals surface area contributed by atoms with E-state index in [1.54, 1.807) is 7.05 Å². The molecule has 1 rings (SSSR count). The van der Waals surface area contributed by atoms with Gasteiger partial charge in [0.15, 0.2) is 5.96 Å². The number of unbranched alkanes of at least 4 members (excludes halogenated alkanes) is 1. The number of halogens is 1. The van der Waals surface area contributed by atoms with Crippen molar-refractivity contribution in [2.24, 2.45) is 4.99 Å². The molecule has 0 aliphatic rings. The van der Waals surface area contributed by atoms with Crippen LogP contribution in [-0.4, -0.2) is 32.0 Å². The van der Waals surface area contributed by atoms with E-state index in [1.165, 1.54) is 0 Å². The number of amides is 1. The molecule has 118 valence electrons. The molecule has 1 aromatic carbocycles. The molecule has 0 aromatic heterocycles. The van der Waals surface area contributed by atoms with Gasteiger partial charge in [-0.2, -0.15) is 0 Å². The van der Waals surface area contributed by atoms with Crippen LogP contribution in [0.5, 0.6) is 0 Å². The fourth-order valence-electron chi connectivity index (χ4n) is 1.63. The van der Waals surface area contributed by atoms with Crippen LogP contribution in [0.4, 0.5) is 0 Å². The Morgan fingerprint density at radius 3 is 2.48 bits per heavy atom. The maximum absolute atomic E-state index is 11.7. The molecular weight excluding hydrogens is 379 g/mol. The summed E-state index contributed by atoms with van der Waals surface area (Å²) >= 11 is 0. The van der Waals surface area contributed by atoms with E-state index in [-0.39, 0.29) is 36.4 Å². The van der Waals surface area contributed by atoms with E-state index in [0.29, 0.717) is 12.5 Å². The Morgan fingerprint density at radius 2 is 1.86 bits per heavy atom. The fraction of sp³-hybridized carbons (Fsp3) is 0.467. The second-order valence-electron chi connectivity index (χ2n) is 4.47.